The first kappa shape index (κ1) is 19.1. The first-order valence-corrected chi connectivity index (χ1v) is 10.0. The van der Waals surface area contributed by atoms with E-state index in [2.05, 4.69) is 27.1 Å². The molecule has 0 saturated heterocycles. The molecule has 3 rings (SSSR count). The number of nitrogens with zero attached hydrogens (tertiary/aromatic N) is 4. The highest BCUT2D eigenvalue weighted by Gasteiger charge is 2.34. The van der Waals surface area contributed by atoms with Gasteiger partial charge in [-0.3, -0.25) is 4.57 Å². The Kier molecular flexibility index (Phi) is 5.57. The van der Waals surface area contributed by atoms with Gasteiger partial charge in [0.25, 0.3) is 0 Å². The Hall–Kier alpha value is -2.72. The molecule has 1 aromatic carbocycles. The monoisotopic (exact) mass is 385 g/mol. The molecule has 0 unspecified atom stereocenters. The van der Waals surface area contributed by atoms with Gasteiger partial charge in [0, 0.05) is 5.56 Å². The summed E-state index contributed by atoms with van der Waals surface area (Å²) in [5.41, 5.74) is 8.62. The third kappa shape index (κ3) is 3.71. The van der Waals surface area contributed by atoms with Gasteiger partial charge in [-0.2, -0.15) is 9.61 Å². The summed E-state index contributed by atoms with van der Waals surface area (Å²) >= 11 is 0. The molecule has 0 fully saturated rings. The standard InChI is InChI=1S/C18H20N5O3P/c1-4-25-27(24,26-5-2)18-16(19)23-17(20-21-18)15(13(3)22-23)12-11-14-9-7-6-8-10-14/h6-10H,4-5,19H2,1-3H3. The Balaban J connectivity index is 2.11. The molecule has 0 aliphatic rings. The van der Waals surface area contributed by atoms with Gasteiger partial charge in [0.15, 0.2) is 11.5 Å². The minimum absolute atomic E-state index is 0.0521. The molecule has 140 valence electrons. The van der Waals surface area contributed by atoms with Crippen molar-refractivity contribution in [2.75, 3.05) is 18.9 Å². The Labute approximate surface area is 157 Å². The van der Waals surface area contributed by atoms with Crippen LogP contribution >= 0.6 is 7.60 Å². The lowest BCUT2D eigenvalue weighted by molar-refractivity contribution is 0.229. The van der Waals surface area contributed by atoms with E-state index in [0.29, 0.717) is 16.9 Å². The summed E-state index contributed by atoms with van der Waals surface area (Å²) in [7, 11) is -3.68. The predicted molar refractivity (Wildman–Crippen MR) is 103 cm³/mol. The third-order valence-corrected chi connectivity index (χ3v) is 5.73. The van der Waals surface area contributed by atoms with Gasteiger partial charge < -0.3 is 14.8 Å². The van der Waals surface area contributed by atoms with Crippen molar-refractivity contribution in [3.63, 3.8) is 0 Å². The quantitative estimate of drug-likeness (QED) is 0.531. The molecule has 27 heavy (non-hydrogen) atoms. The van der Waals surface area contributed by atoms with Gasteiger partial charge in [-0.25, -0.2) is 0 Å². The summed E-state index contributed by atoms with van der Waals surface area (Å²) < 4.78 is 25.0. The summed E-state index contributed by atoms with van der Waals surface area (Å²) in [6, 6.07) is 9.57. The lowest BCUT2D eigenvalue weighted by atomic mass is 10.2. The fourth-order valence-corrected chi connectivity index (χ4v) is 4.04. The average molecular weight is 385 g/mol. The second kappa shape index (κ2) is 7.89. The highest BCUT2D eigenvalue weighted by atomic mass is 31.2. The zero-order valence-corrected chi connectivity index (χ0v) is 16.2. The Morgan fingerprint density at radius 1 is 1.11 bits per heavy atom. The van der Waals surface area contributed by atoms with Crippen molar-refractivity contribution in [3.8, 4) is 11.8 Å². The Morgan fingerprint density at radius 3 is 2.41 bits per heavy atom. The van der Waals surface area contributed by atoms with Crippen molar-refractivity contribution < 1.29 is 13.6 Å². The molecule has 0 aliphatic carbocycles. The number of nitrogen functional groups attached to an aromatic ring is 1. The number of benzene rings is 1. The number of fused-ring (bicyclic) bond motifs is 1. The highest BCUT2D eigenvalue weighted by molar-refractivity contribution is 7.62. The molecule has 0 atom stereocenters. The van der Waals surface area contributed by atoms with Crippen LogP contribution in [-0.2, 0) is 13.6 Å². The first-order chi connectivity index (χ1) is 13.0. The minimum Gasteiger partial charge on any atom is -0.381 e. The minimum atomic E-state index is -3.68. The topological polar surface area (TPSA) is 105 Å². The van der Waals surface area contributed by atoms with Gasteiger partial charge in [0.1, 0.15) is 0 Å². The van der Waals surface area contributed by atoms with Crippen molar-refractivity contribution in [2.45, 2.75) is 20.8 Å². The number of anilines is 1. The molecule has 3 aromatic rings. The van der Waals surface area contributed by atoms with Crippen LogP contribution in [0.3, 0.4) is 0 Å². The van der Waals surface area contributed by atoms with Gasteiger partial charge in [0.05, 0.1) is 24.5 Å². The van der Waals surface area contributed by atoms with Gasteiger partial charge >= 0.3 is 7.60 Å². The number of aromatic nitrogens is 4. The summed E-state index contributed by atoms with van der Waals surface area (Å²) in [5, 5.41) is 12.5. The number of hydrogen-bond acceptors (Lipinski definition) is 7. The second-order valence-corrected chi connectivity index (χ2v) is 7.49. The van der Waals surface area contributed by atoms with E-state index in [4.69, 9.17) is 14.8 Å². The summed E-state index contributed by atoms with van der Waals surface area (Å²) in [4.78, 5) is 0. The number of rotatable bonds is 5. The molecule has 9 heteroatoms. The molecule has 0 spiro atoms. The van der Waals surface area contributed by atoms with Crippen molar-refractivity contribution in [1.29, 1.82) is 0 Å². The van der Waals surface area contributed by atoms with E-state index in [1.54, 1.807) is 20.8 Å². The van der Waals surface area contributed by atoms with Gasteiger partial charge in [-0.1, -0.05) is 30.0 Å². The van der Waals surface area contributed by atoms with E-state index < -0.39 is 7.60 Å². The maximum atomic E-state index is 13.0. The molecular formula is C18H20N5O3P. The highest BCUT2D eigenvalue weighted by Crippen LogP contribution is 2.47. The second-order valence-electron chi connectivity index (χ2n) is 5.55. The molecule has 8 nitrogen and oxygen atoms in total. The van der Waals surface area contributed by atoms with Gasteiger partial charge in [-0.05, 0) is 32.9 Å². The smallest absolute Gasteiger partial charge is 0.381 e. The van der Waals surface area contributed by atoms with Crippen LogP contribution in [0.2, 0.25) is 0 Å². The van der Waals surface area contributed by atoms with Crippen LogP contribution in [0.5, 0.6) is 0 Å². The van der Waals surface area contributed by atoms with Crippen LogP contribution in [0, 0.1) is 18.8 Å². The van der Waals surface area contributed by atoms with Crippen LogP contribution < -0.4 is 11.2 Å². The Morgan fingerprint density at radius 2 is 1.78 bits per heavy atom. The van der Waals surface area contributed by atoms with Crippen LogP contribution in [0.25, 0.3) is 5.65 Å². The zero-order chi connectivity index (χ0) is 19.4. The maximum absolute atomic E-state index is 13.0. The fourth-order valence-electron chi connectivity index (χ4n) is 2.51. The van der Waals surface area contributed by atoms with Crippen LogP contribution in [0.15, 0.2) is 30.3 Å². The lowest BCUT2D eigenvalue weighted by Gasteiger charge is -2.17. The molecule has 0 radical (unpaired) electrons. The average Bonchev–Trinajstić information content (AvgIpc) is 2.98. The van der Waals surface area contributed by atoms with Crippen molar-refractivity contribution in [3.05, 3.63) is 47.2 Å². The van der Waals surface area contributed by atoms with Gasteiger partial charge in [0.2, 0.25) is 5.44 Å². The van der Waals surface area contributed by atoms with E-state index in [1.807, 2.05) is 30.3 Å². The molecular weight excluding hydrogens is 365 g/mol. The van der Waals surface area contributed by atoms with E-state index in [1.165, 1.54) is 4.52 Å². The Bertz CT molecular complexity index is 1060. The van der Waals surface area contributed by atoms with Gasteiger partial charge in [-0.15, -0.1) is 10.2 Å². The molecule has 0 bridgehead atoms. The molecule has 2 aromatic heterocycles. The largest absolute Gasteiger partial charge is 0.385 e. The SMILES string of the molecule is CCOP(=O)(OCC)c1nnc2c(C#Cc3ccccc3)c(C)nn2c1N. The van der Waals surface area contributed by atoms with E-state index in [0.717, 1.165) is 5.56 Å². The predicted octanol–water partition coefficient (Wildman–Crippen LogP) is 2.31. The van der Waals surface area contributed by atoms with Crippen LogP contribution in [0.4, 0.5) is 5.82 Å². The normalized spacial score (nSPS) is 11.4. The number of aryl methyl sites for hydroxylation is 1. The molecule has 0 saturated carbocycles. The van der Waals surface area contributed by atoms with Crippen LogP contribution in [-0.4, -0.2) is 33.0 Å². The maximum Gasteiger partial charge on any atom is 0.385 e. The van der Waals surface area contributed by atoms with Crippen LogP contribution in [0.1, 0.15) is 30.7 Å². The summed E-state index contributed by atoms with van der Waals surface area (Å²) in [6.45, 7) is 5.59. The molecule has 0 aliphatic heterocycles. The molecule has 2 heterocycles. The van der Waals surface area contributed by atoms with E-state index in [-0.39, 0.29) is 24.5 Å². The number of hydrogen-bond donors (Lipinski definition) is 1. The van der Waals surface area contributed by atoms with Crippen molar-refractivity contribution in [2.24, 2.45) is 0 Å². The summed E-state index contributed by atoms with van der Waals surface area (Å²) in [6.07, 6.45) is 0. The molecule has 2 N–H and O–H groups in total. The first-order valence-electron chi connectivity index (χ1n) is 8.48. The van der Waals surface area contributed by atoms with E-state index >= 15 is 0 Å². The molecule has 0 amide bonds. The van der Waals surface area contributed by atoms with Crippen molar-refractivity contribution in [1.82, 2.24) is 19.8 Å². The third-order valence-electron chi connectivity index (χ3n) is 3.70. The summed E-state index contributed by atoms with van der Waals surface area (Å²) in [5.74, 6) is 6.19. The lowest BCUT2D eigenvalue weighted by Crippen LogP contribution is -2.23. The fraction of sp³-hybridized carbons (Fsp3) is 0.278. The zero-order valence-electron chi connectivity index (χ0n) is 15.3. The van der Waals surface area contributed by atoms with Crippen molar-refractivity contribution >= 4 is 24.5 Å². The number of nitrogens with two attached hydrogens (primary N) is 1. The van der Waals surface area contributed by atoms with E-state index in [9.17, 15) is 4.57 Å².